The van der Waals surface area contributed by atoms with E-state index in [4.69, 9.17) is 5.73 Å². The van der Waals surface area contributed by atoms with Crippen molar-refractivity contribution in [3.8, 4) is 0 Å². The minimum absolute atomic E-state index is 0.0214. The van der Waals surface area contributed by atoms with E-state index in [9.17, 15) is 9.59 Å². The first kappa shape index (κ1) is 10.1. The van der Waals surface area contributed by atoms with Crippen molar-refractivity contribution in [3.63, 3.8) is 0 Å². The van der Waals surface area contributed by atoms with E-state index < -0.39 is 17.5 Å². The predicted octanol–water partition coefficient (Wildman–Crippen LogP) is -0.555. The summed E-state index contributed by atoms with van der Waals surface area (Å²) in [4.78, 5) is 27.5. The maximum absolute atomic E-state index is 11.7. The summed E-state index contributed by atoms with van der Waals surface area (Å²) in [6.07, 6.45) is 0. The third-order valence-corrected chi connectivity index (χ3v) is 3.47. The van der Waals surface area contributed by atoms with Gasteiger partial charge in [0.15, 0.2) is 5.54 Å². The summed E-state index contributed by atoms with van der Waals surface area (Å²) < 4.78 is 0. The molecule has 6 nitrogen and oxygen atoms in total. The lowest BCUT2D eigenvalue weighted by Gasteiger charge is -2.22. The average Bonchev–Trinajstić information content (AvgIpc) is 2.71. The first-order valence-electron chi connectivity index (χ1n) is 4.34. The molecular formula is C8H10N4O2S. The number of imide groups is 1. The van der Waals surface area contributed by atoms with E-state index in [1.54, 1.807) is 12.4 Å². The number of nitrogens with one attached hydrogen (secondary N) is 2. The van der Waals surface area contributed by atoms with Gasteiger partial charge < -0.3 is 11.1 Å². The quantitative estimate of drug-likeness (QED) is 0.589. The highest BCUT2D eigenvalue weighted by Gasteiger charge is 2.48. The van der Waals surface area contributed by atoms with Crippen molar-refractivity contribution in [2.24, 2.45) is 5.73 Å². The Hall–Kier alpha value is -1.47. The van der Waals surface area contributed by atoms with Crippen molar-refractivity contribution in [2.75, 3.05) is 6.54 Å². The molecule has 2 rings (SSSR count). The van der Waals surface area contributed by atoms with Crippen LogP contribution < -0.4 is 16.4 Å². The molecule has 3 amide bonds. The molecule has 1 aliphatic heterocycles. The molecule has 2 heterocycles. The van der Waals surface area contributed by atoms with Crippen molar-refractivity contribution < 1.29 is 9.59 Å². The molecule has 1 fully saturated rings. The lowest BCUT2D eigenvalue weighted by atomic mass is 9.97. The molecule has 1 aromatic rings. The zero-order valence-electron chi connectivity index (χ0n) is 8.03. The molecule has 1 aliphatic rings. The van der Waals surface area contributed by atoms with Crippen LogP contribution in [0.3, 0.4) is 0 Å². The molecule has 1 saturated heterocycles. The van der Waals surface area contributed by atoms with Crippen molar-refractivity contribution in [2.45, 2.75) is 12.5 Å². The van der Waals surface area contributed by atoms with E-state index in [0.29, 0.717) is 10.6 Å². The first-order valence-corrected chi connectivity index (χ1v) is 5.22. The van der Waals surface area contributed by atoms with Gasteiger partial charge in [0, 0.05) is 6.54 Å². The van der Waals surface area contributed by atoms with Crippen LogP contribution in [-0.2, 0) is 10.3 Å². The summed E-state index contributed by atoms with van der Waals surface area (Å²) in [5, 5.41) is 4.74. The molecule has 1 atom stereocenters. The van der Waals surface area contributed by atoms with Crippen molar-refractivity contribution >= 4 is 23.3 Å². The topological polar surface area (TPSA) is 97.1 Å². The SMILES string of the molecule is Cc1ncsc1[C@]1(CN)NC(=O)NC1=O. The third kappa shape index (κ3) is 1.31. The molecule has 0 radical (unpaired) electrons. The lowest BCUT2D eigenvalue weighted by Crippen LogP contribution is -2.49. The van der Waals surface area contributed by atoms with Gasteiger partial charge in [-0.05, 0) is 6.92 Å². The Morgan fingerprint density at radius 2 is 2.33 bits per heavy atom. The van der Waals surface area contributed by atoms with Gasteiger partial charge in [-0.2, -0.15) is 0 Å². The van der Waals surface area contributed by atoms with E-state index in [1.807, 2.05) is 0 Å². The number of thiazole rings is 1. The minimum Gasteiger partial charge on any atom is -0.327 e. The Morgan fingerprint density at radius 1 is 1.60 bits per heavy atom. The number of aromatic nitrogens is 1. The molecule has 0 aromatic carbocycles. The monoisotopic (exact) mass is 226 g/mol. The molecule has 7 heteroatoms. The van der Waals surface area contributed by atoms with Gasteiger partial charge >= 0.3 is 6.03 Å². The van der Waals surface area contributed by atoms with Crippen LogP contribution in [-0.4, -0.2) is 23.5 Å². The number of aryl methyl sites for hydroxylation is 1. The zero-order chi connectivity index (χ0) is 11.1. The van der Waals surface area contributed by atoms with Crippen LogP contribution in [0.15, 0.2) is 5.51 Å². The van der Waals surface area contributed by atoms with E-state index in [-0.39, 0.29) is 6.54 Å². The maximum atomic E-state index is 11.7. The van der Waals surface area contributed by atoms with E-state index in [1.165, 1.54) is 11.3 Å². The third-order valence-electron chi connectivity index (χ3n) is 2.38. The summed E-state index contributed by atoms with van der Waals surface area (Å²) in [7, 11) is 0. The highest BCUT2D eigenvalue weighted by atomic mass is 32.1. The van der Waals surface area contributed by atoms with Gasteiger partial charge in [-0.3, -0.25) is 10.1 Å². The van der Waals surface area contributed by atoms with Crippen LogP contribution in [0.1, 0.15) is 10.6 Å². The Morgan fingerprint density at radius 3 is 2.73 bits per heavy atom. The zero-order valence-corrected chi connectivity index (χ0v) is 8.85. The molecule has 0 aliphatic carbocycles. The van der Waals surface area contributed by atoms with E-state index >= 15 is 0 Å². The molecule has 80 valence electrons. The van der Waals surface area contributed by atoms with Gasteiger partial charge in [0.25, 0.3) is 5.91 Å². The number of carbonyl (C=O) groups excluding carboxylic acids is 2. The molecule has 15 heavy (non-hydrogen) atoms. The summed E-state index contributed by atoms with van der Waals surface area (Å²) >= 11 is 1.31. The summed E-state index contributed by atoms with van der Waals surface area (Å²) in [6.45, 7) is 1.80. The fourth-order valence-electron chi connectivity index (χ4n) is 1.60. The molecule has 0 saturated carbocycles. The number of urea groups is 1. The largest absolute Gasteiger partial charge is 0.327 e. The second kappa shape index (κ2) is 3.28. The predicted molar refractivity (Wildman–Crippen MR) is 54.3 cm³/mol. The van der Waals surface area contributed by atoms with E-state index in [2.05, 4.69) is 15.6 Å². The van der Waals surface area contributed by atoms with Gasteiger partial charge in [-0.15, -0.1) is 11.3 Å². The normalized spacial score (nSPS) is 25.2. The van der Waals surface area contributed by atoms with Crippen LogP contribution in [0, 0.1) is 6.92 Å². The number of amides is 3. The number of nitrogens with two attached hydrogens (primary N) is 1. The number of carbonyl (C=O) groups is 2. The van der Waals surface area contributed by atoms with Crippen LogP contribution >= 0.6 is 11.3 Å². The minimum atomic E-state index is -1.14. The lowest BCUT2D eigenvalue weighted by molar-refractivity contribution is -0.123. The smallest absolute Gasteiger partial charge is 0.322 e. The molecule has 0 unspecified atom stereocenters. The fourth-order valence-corrected chi connectivity index (χ4v) is 2.57. The Balaban J connectivity index is 2.51. The number of hydrogen-bond donors (Lipinski definition) is 3. The van der Waals surface area contributed by atoms with Gasteiger partial charge in [0.05, 0.1) is 16.1 Å². The highest BCUT2D eigenvalue weighted by Crippen LogP contribution is 2.29. The molecule has 0 bridgehead atoms. The van der Waals surface area contributed by atoms with Gasteiger partial charge in [0.1, 0.15) is 0 Å². The number of rotatable bonds is 2. The Labute approximate surface area is 89.9 Å². The average molecular weight is 226 g/mol. The van der Waals surface area contributed by atoms with Crippen LogP contribution in [0.4, 0.5) is 4.79 Å². The molecule has 4 N–H and O–H groups in total. The Bertz CT molecular complexity index is 430. The molecule has 1 aromatic heterocycles. The van der Waals surface area contributed by atoms with Gasteiger partial charge in [0.2, 0.25) is 0 Å². The first-order chi connectivity index (χ1) is 7.10. The molecular weight excluding hydrogens is 216 g/mol. The van der Waals surface area contributed by atoms with Gasteiger partial charge in [-0.25, -0.2) is 9.78 Å². The standard InChI is InChI=1S/C8H10N4O2S/c1-4-5(15-3-10-4)8(2-9)6(13)11-7(14)12-8/h3H,2,9H2,1H3,(H2,11,12,13,14)/t8-/m0/s1. The highest BCUT2D eigenvalue weighted by molar-refractivity contribution is 7.10. The van der Waals surface area contributed by atoms with Crippen molar-refractivity contribution in [3.05, 3.63) is 16.1 Å². The summed E-state index contributed by atoms with van der Waals surface area (Å²) in [5.74, 6) is -0.414. The van der Waals surface area contributed by atoms with E-state index in [0.717, 1.165) is 0 Å². The second-order valence-electron chi connectivity index (χ2n) is 3.28. The van der Waals surface area contributed by atoms with Crippen LogP contribution in [0.25, 0.3) is 0 Å². The van der Waals surface area contributed by atoms with Crippen molar-refractivity contribution in [1.29, 1.82) is 0 Å². The van der Waals surface area contributed by atoms with Gasteiger partial charge in [-0.1, -0.05) is 0 Å². The molecule has 0 spiro atoms. The second-order valence-corrected chi connectivity index (χ2v) is 4.14. The van der Waals surface area contributed by atoms with Crippen LogP contribution in [0.5, 0.6) is 0 Å². The fraction of sp³-hybridized carbons (Fsp3) is 0.375. The summed E-state index contributed by atoms with van der Waals surface area (Å²) in [5.41, 5.74) is 6.78. The van der Waals surface area contributed by atoms with Crippen LogP contribution in [0.2, 0.25) is 0 Å². The maximum Gasteiger partial charge on any atom is 0.322 e. The number of hydrogen-bond acceptors (Lipinski definition) is 5. The Kier molecular flexibility index (Phi) is 2.20. The number of nitrogens with zero attached hydrogens (tertiary/aromatic N) is 1. The van der Waals surface area contributed by atoms with Crippen molar-refractivity contribution in [1.82, 2.24) is 15.6 Å². The summed E-state index contributed by atoms with van der Waals surface area (Å²) in [6, 6.07) is -0.516.